The number of carbonyl (C=O) groups excluding carboxylic acids is 1. The summed E-state index contributed by atoms with van der Waals surface area (Å²) >= 11 is 1.38. The molecule has 2 rings (SSSR count). The smallest absolute Gasteiger partial charge is 0.277 e. The van der Waals surface area contributed by atoms with E-state index in [1.807, 2.05) is 0 Å². The topological polar surface area (TPSA) is 80.7 Å². The zero-order chi connectivity index (χ0) is 12.1. The Labute approximate surface area is 102 Å². The number of nitrogens with one attached hydrogen (secondary N) is 1. The third-order valence-electron chi connectivity index (χ3n) is 1.95. The number of hydrogen-bond acceptors (Lipinski definition) is 6. The number of hydrogen-bond donors (Lipinski definition) is 1. The molecule has 1 amide bonds. The third-order valence-corrected chi connectivity index (χ3v) is 2.85. The maximum Gasteiger partial charge on any atom is 0.277 e. The molecule has 17 heavy (non-hydrogen) atoms. The highest BCUT2D eigenvalue weighted by molar-refractivity contribution is 7.15. The molecular weight excluding hydrogens is 238 g/mol. The molecule has 0 aliphatic rings. The highest BCUT2D eigenvalue weighted by Crippen LogP contribution is 2.16. The van der Waals surface area contributed by atoms with E-state index in [1.54, 1.807) is 0 Å². The van der Waals surface area contributed by atoms with Gasteiger partial charge >= 0.3 is 0 Å². The number of nitrogens with zero attached hydrogens (tertiary/aromatic N) is 4. The van der Waals surface area contributed by atoms with Gasteiger partial charge in [0.05, 0.1) is 6.20 Å². The van der Waals surface area contributed by atoms with E-state index < -0.39 is 0 Å². The molecule has 0 aliphatic carbocycles. The van der Waals surface area contributed by atoms with Crippen molar-refractivity contribution < 1.29 is 4.79 Å². The second kappa shape index (κ2) is 5.44. The summed E-state index contributed by atoms with van der Waals surface area (Å²) < 4.78 is 0. The van der Waals surface area contributed by atoms with E-state index in [2.05, 4.69) is 32.4 Å². The van der Waals surface area contributed by atoms with Gasteiger partial charge in [-0.1, -0.05) is 18.3 Å². The standard InChI is InChI=1S/C10H11N5OS/c1-2-3-8-14-15-10(17-8)13-9(16)7-6-11-4-5-12-7/h4-6H,2-3H2,1H3,(H,13,15,16). The van der Waals surface area contributed by atoms with Crippen LogP contribution < -0.4 is 5.32 Å². The monoisotopic (exact) mass is 249 g/mol. The predicted octanol–water partition coefficient (Wildman–Crippen LogP) is 1.53. The molecule has 0 aromatic carbocycles. The molecule has 2 aromatic rings. The summed E-state index contributed by atoms with van der Waals surface area (Å²) in [6.07, 6.45) is 6.27. The van der Waals surface area contributed by atoms with Crippen LogP contribution >= 0.6 is 11.3 Å². The largest absolute Gasteiger partial charge is 0.295 e. The average molecular weight is 249 g/mol. The molecule has 2 heterocycles. The Morgan fingerprint density at radius 2 is 2.29 bits per heavy atom. The number of carbonyl (C=O) groups is 1. The summed E-state index contributed by atoms with van der Waals surface area (Å²) in [5, 5.41) is 11.9. The van der Waals surface area contributed by atoms with Crippen molar-refractivity contribution in [2.24, 2.45) is 0 Å². The molecule has 0 saturated heterocycles. The van der Waals surface area contributed by atoms with Crippen LogP contribution in [-0.4, -0.2) is 26.1 Å². The van der Waals surface area contributed by atoms with Crippen molar-refractivity contribution in [3.8, 4) is 0 Å². The lowest BCUT2D eigenvalue weighted by atomic mass is 10.4. The Bertz CT molecular complexity index is 498. The van der Waals surface area contributed by atoms with Crippen molar-refractivity contribution in [2.75, 3.05) is 5.32 Å². The molecule has 0 fully saturated rings. The van der Waals surface area contributed by atoms with Gasteiger partial charge < -0.3 is 0 Å². The van der Waals surface area contributed by atoms with Gasteiger partial charge in [0.15, 0.2) is 0 Å². The van der Waals surface area contributed by atoms with Gasteiger partial charge in [0, 0.05) is 18.8 Å². The first-order chi connectivity index (χ1) is 8.29. The van der Waals surface area contributed by atoms with Crippen molar-refractivity contribution in [2.45, 2.75) is 19.8 Å². The van der Waals surface area contributed by atoms with Crippen molar-refractivity contribution >= 4 is 22.4 Å². The molecule has 0 aliphatic heterocycles. The molecule has 0 saturated carbocycles. The molecule has 0 unspecified atom stereocenters. The quantitative estimate of drug-likeness (QED) is 0.888. The summed E-state index contributed by atoms with van der Waals surface area (Å²) in [5.74, 6) is -0.322. The highest BCUT2D eigenvalue weighted by atomic mass is 32.1. The minimum absolute atomic E-state index is 0.264. The molecule has 0 atom stereocenters. The Balaban J connectivity index is 2.03. The fourth-order valence-electron chi connectivity index (χ4n) is 1.20. The molecule has 0 radical (unpaired) electrons. The average Bonchev–Trinajstić information content (AvgIpc) is 2.78. The molecule has 1 N–H and O–H groups in total. The van der Waals surface area contributed by atoms with E-state index in [0.29, 0.717) is 5.13 Å². The minimum Gasteiger partial charge on any atom is -0.295 e. The maximum absolute atomic E-state index is 11.7. The van der Waals surface area contributed by atoms with Crippen molar-refractivity contribution in [3.63, 3.8) is 0 Å². The second-order valence-corrected chi connectivity index (χ2v) is 4.36. The minimum atomic E-state index is -0.322. The van der Waals surface area contributed by atoms with Crippen LogP contribution in [0.25, 0.3) is 0 Å². The molecule has 0 spiro atoms. The van der Waals surface area contributed by atoms with Gasteiger partial charge in [-0.15, -0.1) is 10.2 Å². The Morgan fingerprint density at radius 1 is 1.41 bits per heavy atom. The lowest BCUT2D eigenvalue weighted by Gasteiger charge is -1.98. The van der Waals surface area contributed by atoms with E-state index in [9.17, 15) is 4.79 Å². The summed E-state index contributed by atoms with van der Waals surface area (Å²) in [4.78, 5) is 19.4. The third kappa shape index (κ3) is 3.04. The molecule has 2 aromatic heterocycles. The number of rotatable bonds is 4. The molecular formula is C10H11N5OS. The molecule has 7 heteroatoms. The molecule has 88 valence electrons. The van der Waals surface area contributed by atoms with Gasteiger partial charge in [0.1, 0.15) is 10.7 Å². The SMILES string of the molecule is CCCc1nnc(NC(=O)c2cnccn2)s1. The molecule has 6 nitrogen and oxygen atoms in total. The maximum atomic E-state index is 11.7. The lowest BCUT2D eigenvalue weighted by molar-refractivity contribution is 0.102. The number of aryl methyl sites for hydroxylation is 1. The fraction of sp³-hybridized carbons (Fsp3) is 0.300. The first kappa shape index (κ1) is 11.6. The van der Waals surface area contributed by atoms with E-state index in [1.165, 1.54) is 29.9 Å². The van der Waals surface area contributed by atoms with Gasteiger partial charge in [0.25, 0.3) is 5.91 Å². The highest BCUT2D eigenvalue weighted by Gasteiger charge is 2.10. The zero-order valence-electron chi connectivity index (χ0n) is 9.25. The number of anilines is 1. The Kier molecular flexibility index (Phi) is 3.71. The lowest BCUT2D eigenvalue weighted by Crippen LogP contribution is -2.13. The van der Waals surface area contributed by atoms with Crippen LogP contribution in [0.1, 0.15) is 28.8 Å². The number of aromatic nitrogens is 4. The number of amides is 1. The summed E-state index contributed by atoms with van der Waals surface area (Å²) in [7, 11) is 0. The van der Waals surface area contributed by atoms with Gasteiger partial charge in [-0.25, -0.2) is 4.98 Å². The van der Waals surface area contributed by atoms with Crippen LogP contribution in [0, 0.1) is 0 Å². The summed E-state index contributed by atoms with van der Waals surface area (Å²) in [5.41, 5.74) is 0.264. The van der Waals surface area contributed by atoms with Crippen LogP contribution in [-0.2, 0) is 6.42 Å². The first-order valence-electron chi connectivity index (χ1n) is 5.19. The van der Waals surface area contributed by atoms with Crippen molar-refractivity contribution in [3.05, 3.63) is 29.3 Å². The first-order valence-corrected chi connectivity index (χ1v) is 6.01. The van der Waals surface area contributed by atoms with Gasteiger partial charge in [-0.2, -0.15) is 0 Å². The van der Waals surface area contributed by atoms with Crippen LogP contribution in [0.2, 0.25) is 0 Å². The van der Waals surface area contributed by atoms with E-state index in [0.717, 1.165) is 17.8 Å². The Morgan fingerprint density at radius 3 is 3.00 bits per heavy atom. The van der Waals surface area contributed by atoms with Crippen LogP contribution in [0.5, 0.6) is 0 Å². The van der Waals surface area contributed by atoms with Crippen molar-refractivity contribution in [1.82, 2.24) is 20.2 Å². The van der Waals surface area contributed by atoms with E-state index in [-0.39, 0.29) is 11.6 Å². The predicted molar refractivity (Wildman–Crippen MR) is 63.9 cm³/mol. The van der Waals surface area contributed by atoms with Crippen molar-refractivity contribution in [1.29, 1.82) is 0 Å². The van der Waals surface area contributed by atoms with E-state index >= 15 is 0 Å². The second-order valence-electron chi connectivity index (χ2n) is 3.30. The normalized spacial score (nSPS) is 10.2. The summed E-state index contributed by atoms with van der Waals surface area (Å²) in [6.45, 7) is 2.07. The molecule has 0 bridgehead atoms. The van der Waals surface area contributed by atoms with Gasteiger partial charge in [0.2, 0.25) is 5.13 Å². The van der Waals surface area contributed by atoms with Crippen LogP contribution in [0.3, 0.4) is 0 Å². The zero-order valence-corrected chi connectivity index (χ0v) is 10.1. The van der Waals surface area contributed by atoms with Gasteiger partial charge in [-0.05, 0) is 6.42 Å². The van der Waals surface area contributed by atoms with Gasteiger partial charge in [-0.3, -0.25) is 15.1 Å². The van der Waals surface area contributed by atoms with Crippen LogP contribution in [0.15, 0.2) is 18.6 Å². The van der Waals surface area contributed by atoms with Crippen LogP contribution in [0.4, 0.5) is 5.13 Å². The fourth-order valence-corrected chi connectivity index (χ4v) is 2.03. The summed E-state index contributed by atoms with van der Waals surface area (Å²) in [6, 6.07) is 0. The van der Waals surface area contributed by atoms with E-state index in [4.69, 9.17) is 0 Å². The Hall–Kier alpha value is -1.89.